The first-order valence-electron chi connectivity index (χ1n) is 7.62. The molecular weight excluding hydrogens is 309 g/mol. The molecule has 0 saturated carbocycles. The lowest BCUT2D eigenvalue weighted by molar-refractivity contribution is -0.137. The SMILES string of the molecule is CNCC1CCCN(C(=O)COc2cccc(C(F)(F)F)c2)C1. The molecule has 1 unspecified atom stereocenters. The smallest absolute Gasteiger partial charge is 0.416 e. The van der Waals surface area contributed by atoms with E-state index in [-0.39, 0.29) is 18.3 Å². The van der Waals surface area contributed by atoms with Gasteiger partial charge in [0, 0.05) is 13.1 Å². The second-order valence-corrected chi connectivity index (χ2v) is 5.72. The van der Waals surface area contributed by atoms with Crippen molar-refractivity contribution in [1.82, 2.24) is 10.2 Å². The summed E-state index contributed by atoms with van der Waals surface area (Å²) in [5, 5.41) is 3.10. The zero-order chi connectivity index (χ0) is 16.9. The Morgan fingerprint density at radius 3 is 2.91 bits per heavy atom. The number of likely N-dealkylation sites (tertiary alicyclic amines) is 1. The van der Waals surface area contributed by atoms with Crippen LogP contribution in [0.25, 0.3) is 0 Å². The summed E-state index contributed by atoms with van der Waals surface area (Å²) in [5.41, 5.74) is -0.783. The van der Waals surface area contributed by atoms with Crippen molar-refractivity contribution in [2.45, 2.75) is 19.0 Å². The number of carbonyl (C=O) groups is 1. The Kier molecular flexibility index (Phi) is 5.87. The van der Waals surface area contributed by atoms with Crippen LogP contribution in [0.15, 0.2) is 24.3 Å². The first-order chi connectivity index (χ1) is 10.9. The van der Waals surface area contributed by atoms with Crippen molar-refractivity contribution in [3.63, 3.8) is 0 Å². The number of hydrogen-bond donors (Lipinski definition) is 1. The number of piperidine rings is 1. The fourth-order valence-electron chi connectivity index (χ4n) is 2.75. The van der Waals surface area contributed by atoms with Crippen LogP contribution in [0.4, 0.5) is 13.2 Å². The normalized spacial score (nSPS) is 18.8. The molecular formula is C16H21F3N2O2. The molecule has 23 heavy (non-hydrogen) atoms. The Morgan fingerprint density at radius 2 is 2.22 bits per heavy atom. The number of benzene rings is 1. The summed E-state index contributed by atoms with van der Waals surface area (Å²) in [7, 11) is 1.87. The van der Waals surface area contributed by atoms with Gasteiger partial charge in [0.15, 0.2) is 6.61 Å². The van der Waals surface area contributed by atoms with Crippen LogP contribution in [0.3, 0.4) is 0 Å². The third-order valence-electron chi connectivity index (χ3n) is 3.89. The number of nitrogens with one attached hydrogen (secondary N) is 1. The molecule has 2 rings (SSSR count). The summed E-state index contributed by atoms with van der Waals surface area (Å²) in [5.74, 6) is 0.270. The molecule has 1 saturated heterocycles. The third kappa shape index (κ3) is 5.13. The minimum Gasteiger partial charge on any atom is -0.484 e. The summed E-state index contributed by atoms with van der Waals surface area (Å²) in [4.78, 5) is 13.9. The average molecular weight is 330 g/mol. The van der Waals surface area contributed by atoms with Gasteiger partial charge in [0.1, 0.15) is 5.75 Å². The second-order valence-electron chi connectivity index (χ2n) is 5.72. The van der Waals surface area contributed by atoms with Gasteiger partial charge >= 0.3 is 6.18 Å². The van der Waals surface area contributed by atoms with Crippen LogP contribution < -0.4 is 10.1 Å². The highest BCUT2D eigenvalue weighted by atomic mass is 19.4. The van der Waals surface area contributed by atoms with E-state index in [0.717, 1.165) is 31.5 Å². The van der Waals surface area contributed by atoms with Gasteiger partial charge in [-0.15, -0.1) is 0 Å². The van der Waals surface area contributed by atoms with Gasteiger partial charge in [-0.3, -0.25) is 4.79 Å². The highest BCUT2D eigenvalue weighted by Gasteiger charge is 2.30. The molecule has 4 nitrogen and oxygen atoms in total. The molecule has 1 aromatic rings. The Morgan fingerprint density at radius 1 is 1.43 bits per heavy atom. The average Bonchev–Trinajstić information content (AvgIpc) is 2.53. The summed E-state index contributed by atoms with van der Waals surface area (Å²) in [6.45, 7) is 1.93. The fraction of sp³-hybridized carbons (Fsp3) is 0.562. The van der Waals surface area contributed by atoms with E-state index in [2.05, 4.69) is 5.32 Å². The van der Waals surface area contributed by atoms with E-state index < -0.39 is 11.7 Å². The fourth-order valence-corrected chi connectivity index (χ4v) is 2.75. The van der Waals surface area contributed by atoms with Crippen molar-refractivity contribution in [2.75, 3.05) is 33.3 Å². The molecule has 1 amide bonds. The molecule has 1 heterocycles. The molecule has 1 aliphatic rings. The number of rotatable bonds is 5. The molecule has 0 aromatic heterocycles. The van der Waals surface area contributed by atoms with Crippen LogP contribution in [0, 0.1) is 5.92 Å². The van der Waals surface area contributed by atoms with Gasteiger partial charge < -0.3 is 15.0 Å². The molecule has 0 spiro atoms. The number of halogens is 3. The number of carbonyl (C=O) groups excluding carboxylic acids is 1. The topological polar surface area (TPSA) is 41.6 Å². The predicted molar refractivity (Wildman–Crippen MR) is 80.2 cm³/mol. The monoisotopic (exact) mass is 330 g/mol. The number of alkyl halides is 3. The lowest BCUT2D eigenvalue weighted by atomic mass is 9.98. The molecule has 0 aliphatic carbocycles. The van der Waals surface area contributed by atoms with Crippen molar-refractivity contribution >= 4 is 5.91 Å². The molecule has 1 aromatic carbocycles. The van der Waals surface area contributed by atoms with E-state index in [0.29, 0.717) is 19.0 Å². The molecule has 0 radical (unpaired) electrons. The zero-order valence-corrected chi connectivity index (χ0v) is 13.0. The maximum absolute atomic E-state index is 12.6. The van der Waals surface area contributed by atoms with E-state index in [1.165, 1.54) is 12.1 Å². The van der Waals surface area contributed by atoms with Crippen LogP contribution in [0.2, 0.25) is 0 Å². The minimum atomic E-state index is -4.42. The zero-order valence-electron chi connectivity index (χ0n) is 13.0. The summed E-state index contributed by atoms with van der Waals surface area (Å²) in [6.07, 6.45) is -2.42. The first-order valence-corrected chi connectivity index (χ1v) is 7.62. The van der Waals surface area contributed by atoms with Gasteiger partial charge in [-0.1, -0.05) is 6.07 Å². The van der Waals surface area contributed by atoms with Crippen LogP contribution in [0.5, 0.6) is 5.75 Å². The Bertz CT molecular complexity index is 532. The number of hydrogen-bond acceptors (Lipinski definition) is 3. The largest absolute Gasteiger partial charge is 0.484 e. The van der Waals surface area contributed by atoms with Crippen LogP contribution in [-0.2, 0) is 11.0 Å². The molecule has 1 N–H and O–H groups in total. The molecule has 7 heteroatoms. The van der Waals surface area contributed by atoms with Crippen molar-refractivity contribution in [1.29, 1.82) is 0 Å². The molecule has 1 aliphatic heterocycles. The molecule has 128 valence electrons. The van der Waals surface area contributed by atoms with E-state index in [1.54, 1.807) is 4.90 Å². The standard InChI is InChI=1S/C16H21F3N2O2/c1-20-9-12-4-3-7-21(10-12)15(22)11-23-14-6-2-5-13(8-14)16(17,18)19/h2,5-6,8,12,20H,3-4,7,9-11H2,1H3. The Hall–Kier alpha value is -1.76. The summed E-state index contributed by atoms with van der Waals surface area (Å²) < 4.78 is 43.2. The van der Waals surface area contributed by atoms with Gasteiger partial charge in [0.2, 0.25) is 0 Å². The Labute approximate surface area is 133 Å². The van der Waals surface area contributed by atoms with Gasteiger partial charge in [-0.2, -0.15) is 13.2 Å². The van der Waals surface area contributed by atoms with E-state index in [4.69, 9.17) is 4.74 Å². The van der Waals surface area contributed by atoms with Crippen LogP contribution >= 0.6 is 0 Å². The molecule has 1 atom stereocenters. The van der Waals surface area contributed by atoms with E-state index in [1.807, 2.05) is 7.05 Å². The van der Waals surface area contributed by atoms with Gasteiger partial charge in [0.25, 0.3) is 5.91 Å². The highest BCUT2D eigenvalue weighted by molar-refractivity contribution is 5.77. The van der Waals surface area contributed by atoms with E-state index >= 15 is 0 Å². The highest BCUT2D eigenvalue weighted by Crippen LogP contribution is 2.31. The van der Waals surface area contributed by atoms with Crippen molar-refractivity contribution in [2.24, 2.45) is 5.92 Å². The first kappa shape index (κ1) is 17.6. The summed E-state index contributed by atoms with van der Waals surface area (Å²) in [6, 6.07) is 4.57. The maximum Gasteiger partial charge on any atom is 0.416 e. The lowest BCUT2D eigenvalue weighted by Crippen LogP contribution is -2.44. The quantitative estimate of drug-likeness (QED) is 0.902. The van der Waals surface area contributed by atoms with Crippen molar-refractivity contribution < 1.29 is 22.7 Å². The van der Waals surface area contributed by atoms with Crippen LogP contribution in [-0.4, -0.2) is 44.1 Å². The van der Waals surface area contributed by atoms with Gasteiger partial charge in [0.05, 0.1) is 5.56 Å². The second kappa shape index (κ2) is 7.68. The van der Waals surface area contributed by atoms with Crippen molar-refractivity contribution in [3.8, 4) is 5.75 Å². The summed E-state index contributed by atoms with van der Waals surface area (Å²) >= 11 is 0. The third-order valence-corrected chi connectivity index (χ3v) is 3.89. The minimum absolute atomic E-state index is 0.0527. The Balaban J connectivity index is 1.89. The van der Waals surface area contributed by atoms with Gasteiger partial charge in [-0.05, 0) is 50.6 Å². The molecule has 0 bridgehead atoms. The van der Waals surface area contributed by atoms with Crippen LogP contribution in [0.1, 0.15) is 18.4 Å². The maximum atomic E-state index is 12.6. The number of amides is 1. The lowest BCUT2D eigenvalue weighted by Gasteiger charge is -2.32. The van der Waals surface area contributed by atoms with Gasteiger partial charge in [-0.25, -0.2) is 0 Å². The number of nitrogens with zero attached hydrogens (tertiary/aromatic N) is 1. The van der Waals surface area contributed by atoms with E-state index in [9.17, 15) is 18.0 Å². The van der Waals surface area contributed by atoms with Crippen molar-refractivity contribution in [3.05, 3.63) is 29.8 Å². The number of ether oxygens (including phenoxy) is 1. The predicted octanol–water partition coefficient (Wildman–Crippen LogP) is 2.54. The molecule has 1 fully saturated rings.